The van der Waals surface area contributed by atoms with Crippen molar-refractivity contribution >= 4 is 0 Å². The zero-order valence-corrected chi connectivity index (χ0v) is 9.42. The lowest BCUT2D eigenvalue weighted by molar-refractivity contribution is -0.482. The molecule has 6 atom stereocenters. The van der Waals surface area contributed by atoms with Crippen molar-refractivity contribution in [2.75, 3.05) is 13.1 Å². The van der Waals surface area contributed by atoms with Crippen molar-refractivity contribution in [1.29, 1.82) is 0 Å². The predicted octanol–water partition coefficient (Wildman–Crippen LogP) is -2.79. The highest BCUT2D eigenvalue weighted by molar-refractivity contribution is 4.95. The molecular formula is C9H17NO8. The van der Waals surface area contributed by atoms with Crippen LogP contribution < -0.4 is 0 Å². The Bertz CT molecular complexity index is 329. The normalized spacial score (nSPS) is 43.3. The molecule has 1 aliphatic heterocycles. The van der Waals surface area contributed by atoms with Crippen molar-refractivity contribution in [2.45, 2.75) is 43.0 Å². The Balaban J connectivity index is 2.75. The molecule has 0 aromatic carbocycles. The molecule has 0 aromatic rings. The number of nitro groups is 1. The second kappa shape index (κ2) is 5.87. The average molecular weight is 268 g/mol. The van der Waals surface area contributed by atoms with E-state index in [1.807, 2.05) is 0 Å². The number of hydrogen-bond donors (Lipinski definition) is 5. The molecule has 9 heteroatoms. The second-order valence-electron chi connectivity index (χ2n) is 4.12. The third-order valence-electron chi connectivity index (χ3n) is 2.83. The number of aliphatic hydroxyl groups is 5. The monoisotopic (exact) mass is 268 g/mol. The van der Waals surface area contributed by atoms with Gasteiger partial charge in [0.1, 0.15) is 25.8 Å². The minimum absolute atomic E-state index is 0.429. The van der Waals surface area contributed by atoms with Gasteiger partial charge in [0.25, 0.3) is 0 Å². The Morgan fingerprint density at radius 2 is 2.00 bits per heavy atom. The fourth-order valence-electron chi connectivity index (χ4n) is 1.80. The fourth-order valence-corrected chi connectivity index (χ4v) is 1.80. The Morgan fingerprint density at radius 1 is 1.39 bits per heavy atom. The molecule has 2 unspecified atom stereocenters. The molecule has 0 radical (unpaired) electrons. The van der Waals surface area contributed by atoms with Crippen LogP contribution in [0, 0.1) is 10.1 Å². The Hall–Kier alpha value is -0.840. The van der Waals surface area contributed by atoms with E-state index in [1.54, 1.807) is 0 Å². The number of rotatable bonds is 5. The summed E-state index contributed by atoms with van der Waals surface area (Å²) in [5.74, 6) is -2.36. The van der Waals surface area contributed by atoms with Crippen LogP contribution >= 0.6 is 0 Å². The first-order chi connectivity index (χ1) is 8.73. The largest absolute Gasteiger partial charge is 0.394 e. The van der Waals surface area contributed by atoms with Gasteiger partial charge >= 0.3 is 0 Å². The van der Waals surface area contributed by atoms with Gasteiger partial charge in [-0.15, -0.1) is 0 Å². The molecular weight excluding hydrogens is 250 g/mol. The van der Waals surface area contributed by atoms with Crippen molar-refractivity contribution in [2.24, 2.45) is 0 Å². The van der Waals surface area contributed by atoms with E-state index in [0.717, 1.165) is 0 Å². The van der Waals surface area contributed by atoms with Gasteiger partial charge < -0.3 is 30.3 Å². The first kappa shape index (κ1) is 13.6. The Labute approximate surface area is 104 Å². The number of nitrogens with zero attached hydrogens (tertiary/aromatic N) is 1. The maximum atomic E-state index is 10.3. The first-order valence-corrected chi connectivity index (χ1v) is 5.34. The quantitative estimate of drug-likeness (QED) is 0.265. The van der Waals surface area contributed by atoms with E-state index in [0.29, 0.717) is 0 Å². The topological polar surface area (TPSA) is 154 Å². The van der Waals surface area contributed by atoms with Gasteiger partial charge in [-0.05, 0) is 0 Å². The van der Waals surface area contributed by atoms with E-state index < -0.39 is 61.1 Å². The molecule has 1 aliphatic rings. The molecule has 1 saturated heterocycles. The molecule has 0 aliphatic carbocycles. The molecule has 106 valence electrons. The summed E-state index contributed by atoms with van der Waals surface area (Å²) in [5.41, 5.74) is 0. The van der Waals surface area contributed by atoms with Crippen molar-refractivity contribution in [3.8, 4) is 0 Å². The summed E-state index contributed by atoms with van der Waals surface area (Å²) in [5, 5.41) is 57.8. The molecule has 0 aromatic heterocycles. The summed E-state index contributed by atoms with van der Waals surface area (Å²) in [6, 6.07) is 0. The lowest BCUT2D eigenvalue weighted by Crippen LogP contribution is -2.65. The minimum atomic E-state index is -2.36. The van der Waals surface area contributed by atoms with Crippen LogP contribution in [0.5, 0.6) is 0 Å². The smallest absolute Gasteiger partial charge is 0.204 e. The van der Waals surface area contributed by atoms with E-state index in [1.165, 1.54) is 0 Å². The van der Waals surface area contributed by atoms with Crippen LogP contribution in [0.25, 0.3) is 0 Å². The number of hydrogen-bond acceptors (Lipinski definition) is 8. The molecule has 0 amide bonds. The van der Waals surface area contributed by atoms with E-state index in [2.05, 4.69) is 0 Å². The van der Waals surface area contributed by atoms with Crippen molar-refractivity contribution in [3.63, 3.8) is 0 Å². The molecule has 0 spiro atoms. The first-order valence-electron chi connectivity index (χ1n) is 5.91. The van der Waals surface area contributed by atoms with Gasteiger partial charge in [-0.1, -0.05) is 0 Å². The third kappa shape index (κ3) is 3.13. The molecule has 1 rings (SSSR count). The number of ether oxygens (including phenoxy) is 1. The van der Waals surface area contributed by atoms with Gasteiger partial charge in [0, 0.05) is 17.8 Å². The van der Waals surface area contributed by atoms with Gasteiger partial charge in [0.2, 0.25) is 6.52 Å². The second-order valence-corrected chi connectivity index (χ2v) is 4.12. The SMILES string of the molecule is [2H]C(CCC1(O)O[C@H](CO)[C@@H](O)[C@H](O)[C@H]1O)[N+](=O)[O-]. The van der Waals surface area contributed by atoms with Crippen LogP contribution in [0.1, 0.15) is 14.2 Å². The number of aliphatic hydroxyl groups excluding tert-OH is 4. The summed E-state index contributed by atoms with van der Waals surface area (Å²) >= 11 is 0. The maximum absolute atomic E-state index is 10.3. The predicted molar refractivity (Wildman–Crippen MR) is 56.0 cm³/mol. The van der Waals surface area contributed by atoms with Crippen LogP contribution in [-0.4, -0.2) is 73.8 Å². The third-order valence-corrected chi connectivity index (χ3v) is 2.83. The lowest BCUT2D eigenvalue weighted by Gasteiger charge is -2.45. The van der Waals surface area contributed by atoms with Gasteiger partial charge in [-0.25, -0.2) is 0 Å². The standard InChI is InChI=1S/C9H17NO8/c11-4-5-6(12)7(13)8(14)9(15,18-5)2-1-3-10(16)17/h5-8,11-15H,1-4H2/t5-,6-,7+,8-,9?/m1/s1/i3D/t3?,5-,6-,7+,8-,9?. The highest BCUT2D eigenvalue weighted by Gasteiger charge is 2.52. The lowest BCUT2D eigenvalue weighted by atomic mass is 9.90. The fraction of sp³-hybridized carbons (Fsp3) is 1.00. The molecule has 5 N–H and O–H groups in total. The van der Waals surface area contributed by atoms with Gasteiger partial charge in [0.15, 0.2) is 5.79 Å². The minimum Gasteiger partial charge on any atom is -0.394 e. The highest BCUT2D eigenvalue weighted by Crippen LogP contribution is 2.31. The molecule has 1 heterocycles. The molecule has 18 heavy (non-hydrogen) atoms. The van der Waals surface area contributed by atoms with Crippen molar-refractivity contribution in [1.82, 2.24) is 0 Å². The summed E-state index contributed by atoms with van der Waals surface area (Å²) in [6.07, 6.45) is -7.52. The maximum Gasteiger partial charge on any atom is 0.204 e. The van der Waals surface area contributed by atoms with Crippen LogP contribution in [0.15, 0.2) is 0 Å². The highest BCUT2D eigenvalue weighted by atomic mass is 16.7. The zero-order valence-electron chi connectivity index (χ0n) is 10.4. The summed E-state index contributed by atoms with van der Waals surface area (Å²) < 4.78 is 12.0. The zero-order chi connectivity index (χ0) is 14.8. The average Bonchev–Trinajstić information content (AvgIpc) is 2.38. The van der Waals surface area contributed by atoms with E-state index in [-0.39, 0.29) is 0 Å². The van der Waals surface area contributed by atoms with Crippen molar-refractivity contribution < 1.29 is 36.6 Å². The molecule has 0 saturated carbocycles. The Morgan fingerprint density at radius 3 is 2.50 bits per heavy atom. The van der Waals surface area contributed by atoms with E-state index in [4.69, 9.17) is 11.2 Å². The van der Waals surface area contributed by atoms with E-state index >= 15 is 0 Å². The van der Waals surface area contributed by atoms with Gasteiger partial charge in [-0.3, -0.25) is 10.1 Å². The summed E-state index contributed by atoms with van der Waals surface area (Å²) in [6.45, 7) is -2.43. The summed E-state index contributed by atoms with van der Waals surface area (Å²) in [7, 11) is 0. The molecule has 0 bridgehead atoms. The van der Waals surface area contributed by atoms with Crippen molar-refractivity contribution in [3.05, 3.63) is 10.1 Å². The Kier molecular flexibility index (Phi) is 4.43. The van der Waals surface area contributed by atoms with Gasteiger partial charge in [-0.2, -0.15) is 0 Å². The molecule has 1 fully saturated rings. The molecule has 9 nitrogen and oxygen atoms in total. The van der Waals surface area contributed by atoms with Crippen LogP contribution in [0.4, 0.5) is 0 Å². The van der Waals surface area contributed by atoms with Crippen LogP contribution in [-0.2, 0) is 4.74 Å². The van der Waals surface area contributed by atoms with E-state index in [9.17, 15) is 30.5 Å². The van der Waals surface area contributed by atoms with Gasteiger partial charge in [0.05, 0.1) is 6.61 Å². The summed E-state index contributed by atoms with van der Waals surface area (Å²) in [4.78, 5) is 9.42. The van der Waals surface area contributed by atoms with Crippen LogP contribution in [0.2, 0.25) is 0 Å². The van der Waals surface area contributed by atoms with Crippen LogP contribution in [0.3, 0.4) is 0 Å².